The highest BCUT2D eigenvalue weighted by Crippen LogP contribution is 2.53. The third-order valence-corrected chi connectivity index (χ3v) is 5.92. The Kier molecular flexibility index (Phi) is 4.25. The molecular weight excluding hydrogens is 254 g/mol. The topological polar surface area (TPSA) is 21.3 Å². The van der Waals surface area contributed by atoms with Gasteiger partial charge in [0.2, 0.25) is 0 Å². The molecule has 0 aromatic carbocycles. The summed E-state index contributed by atoms with van der Waals surface area (Å²) in [5.74, 6) is 0. The zero-order chi connectivity index (χ0) is 13.1. The summed E-state index contributed by atoms with van der Waals surface area (Å²) in [4.78, 5) is 1.45. The molecule has 1 spiro atoms. The van der Waals surface area contributed by atoms with E-state index >= 15 is 0 Å². The summed E-state index contributed by atoms with van der Waals surface area (Å²) in [5.41, 5.74) is 0.450. The maximum Gasteiger partial charge on any atom is 0.0661 e. The Bertz CT molecular complexity index is 383. The fourth-order valence-corrected chi connectivity index (χ4v) is 4.64. The first-order chi connectivity index (χ1) is 9.35. The van der Waals surface area contributed by atoms with Crippen molar-refractivity contribution in [2.45, 2.75) is 64.1 Å². The highest BCUT2D eigenvalue weighted by Gasteiger charge is 2.55. The lowest BCUT2D eigenvalue weighted by molar-refractivity contribution is -0.150. The Morgan fingerprint density at radius 1 is 1.37 bits per heavy atom. The average Bonchev–Trinajstić information content (AvgIpc) is 2.96. The van der Waals surface area contributed by atoms with Crippen molar-refractivity contribution in [3.63, 3.8) is 0 Å². The van der Waals surface area contributed by atoms with Crippen molar-refractivity contribution in [3.05, 3.63) is 22.4 Å². The van der Waals surface area contributed by atoms with E-state index in [1.165, 1.54) is 43.4 Å². The van der Waals surface area contributed by atoms with Gasteiger partial charge in [-0.05, 0) is 37.6 Å². The summed E-state index contributed by atoms with van der Waals surface area (Å²) in [5, 5.41) is 5.96. The normalized spacial score (nSPS) is 29.3. The Morgan fingerprint density at radius 3 is 2.89 bits per heavy atom. The van der Waals surface area contributed by atoms with Gasteiger partial charge in [-0.1, -0.05) is 25.3 Å². The molecule has 2 saturated carbocycles. The van der Waals surface area contributed by atoms with E-state index in [1.807, 2.05) is 11.3 Å². The molecule has 2 fully saturated rings. The Morgan fingerprint density at radius 2 is 2.21 bits per heavy atom. The molecule has 1 heterocycles. The predicted octanol–water partition coefficient (Wildman–Crippen LogP) is 3.97. The van der Waals surface area contributed by atoms with Crippen LogP contribution in [0.15, 0.2) is 17.5 Å². The lowest BCUT2D eigenvalue weighted by atomic mass is 9.55. The second kappa shape index (κ2) is 5.94. The second-order valence-electron chi connectivity index (χ2n) is 5.99. The fourth-order valence-electron chi connectivity index (χ4n) is 3.99. The maximum atomic E-state index is 6.00. The highest BCUT2D eigenvalue weighted by molar-refractivity contribution is 7.09. The summed E-state index contributed by atoms with van der Waals surface area (Å²) in [6.07, 6.45) is 8.64. The maximum absolute atomic E-state index is 6.00. The first kappa shape index (κ1) is 13.6. The largest absolute Gasteiger partial charge is 0.378 e. The summed E-state index contributed by atoms with van der Waals surface area (Å²) < 4.78 is 6.00. The smallest absolute Gasteiger partial charge is 0.0661 e. The molecule has 0 unspecified atom stereocenters. The van der Waals surface area contributed by atoms with E-state index < -0.39 is 0 Å². The fraction of sp³-hybridized carbons (Fsp3) is 0.750. The molecule has 3 heteroatoms. The van der Waals surface area contributed by atoms with E-state index in [2.05, 4.69) is 29.8 Å². The molecule has 3 rings (SSSR count). The third kappa shape index (κ3) is 2.61. The standard InChI is InChI=1S/C16H25NOS/c1-2-18-15-11-14(16(15)8-4-3-5-9-16)17-12-13-7-6-10-19-13/h6-7,10,14-15,17H,2-5,8-9,11-12H2,1H3/t14-,15+/m1/s1. The van der Waals surface area contributed by atoms with Gasteiger partial charge in [-0.15, -0.1) is 11.3 Å². The quantitative estimate of drug-likeness (QED) is 0.880. The van der Waals surface area contributed by atoms with Gasteiger partial charge in [-0.2, -0.15) is 0 Å². The molecule has 2 aliphatic rings. The molecule has 2 nitrogen and oxygen atoms in total. The van der Waals surface area contributed by atoms with E-state index in [0.717, 1.165) is 13.2 Å². The van der Waals surface area contributed by atoms with Crippen LogP contribution in [0.1, 0.15) is 50.3 Å². The first-order valence-electron chi connectivity index (χ1n) is 7.72. The van der Waals surface area contributed by atoms with Crippen LogP contribution < -0.4 is 5.32 Å². The second-order valence-corrected chi connectivity index (χ2v) is 7.02. The number of rotatable bonds is 5. The molecule has 1 N–H and O–H groups in total. The van der Waals surface area contributed by atoms with Gasteiger partial charge >= 0.3 is 0 Å². The van der Waals surface area contributed by atoms with Crippen molar-refractivity contribution in [1.29, 1.82) is 0 Å². The van der Waals surface area contributed by atoms with Crippen molar-refractivity contribution in [2.24, 2.45) is 5.41 Å². The van der Waals surface area contributed by atoms with Crippen LogP contribution in [0.4, 0.5) is 0 Å². The molecule has 19 heavy (non-hydrogen) atoms. The number of hydrogen-bond donors (Lipinski definition) is 1. The van der Waals surface area contributed by atoms with E-state index in [1.54, 1.807) is 0 Å². The molecule has 2 aliphatic carbocycles. The van der Waals surface area contributed by atoms with Gasteiger partial charge in [-0.25, -0.2) is 0 Å². The molecule has 2 atom stereocenters. The summed E-state index contributed by atoms with van der Waals surface area (Å²) in [6, 6.07) is 5.04. The molecule has 1 aromatic rings. The Hall–Kier alpha value is -0.380. The molecule has 0 saturated heterocycles. The van der Waals surface area contributed by atoms with Crippen molar-refractivity contribution >= 4 is 11.3 Å². The minimum absolute atomic E-state index is 0.450. The van der Waals surface area contributed by atoms with Gasteiger partial charge in [0.25, 0.3) is 0 Å². The van der Waals surface area contributed by atoms with Gasteiger partial charge in [-0.3, -0.25) is 0 Å². The average molecular weight is 279 g/mol. The molecule has 0 amide bonds. The lowest BCUT2D eigenvalue weighted by Gasteiger charge is -2.58. The van der Waals surface area contributed by atoms with Gasteiger partial charge in [0.05, 0.1) is 6.10 Å². The molecule has 0 aliphatic heterocycles. The summed E-state index contributed by atoms with van der Waals surface area (Å²) >= 11 is 1.85. The van der Waals surface area contributed by atoms with E-state index in [0.29, 0.717) is 17.6 Å². The van der Waals surface area contributed by atoms with Crippen LogP contribution in [-0.4, -0.2) is 18.8 Å². The van der Waals surface area contributed by atoms with Gasteiger partial charge in [0.15, 0.2) is 0 Å². The first-order valence-corrected chi connectivity index (χ1v) is 8.60. The van der Waals surface area contributed by atoms with Gasteiger partial charge in [0, 0.05) is 29.5 Å². The minimum atomic E-state index is 0.450. The number of ether oxygens (including phenoxy) is 1. The van der Waals surface area contributed by atoms with Gasteiger partial charge < -0.3 is 10.1 Å². The van der Waals surface area contributed by atoms with E-state index in [4.69, 9.17) is 4.74 Å². The Labute approximate surface area is 120 Å². The highest BCUT2D eigenvalue weighted by atomic mass is 32.1. The molecule has 106 valence electrons. The van der Waals surface area contributed by atoms with Crippen LogP contribution >= 0.6 is 11.3 Å². The molecular formula is C16H25NOS. The van der Waals surface area contributed by atoms with Gasteiger partial charge in [0.1, 0.15) is 0 Å². The molecule has 0 bridgehead atoms. The van der Waals surface area contributed by atoms with Crippen LogP contribution in [0.2, 0.25) is 0 Å². The summed E-state index contributed by atoms with van der Waals surface area (Å²) in [7, 11) is 0. The van der Waals surface area contributed by atoms with Crippen molar-refractivity contribution < 1.29 is 4.74 Å². The van der Waals surface area contributed by atoms with Crippen molar-refractivity contribution in [2.75, 3.05) is 6.61 Å². The van der Waals surface area contributed by atoms with Crippen molar-refractivity contribution in [1.82, 2.24) is 5.32 Å². The zero-order valence-corrected chi connectivity index (χ0v) is 12.7. The third-order valence-electron chi connectivity index (χ3n) is 5.04. The molecule has 1 aromatic heterocycles. The zero-order valence-electron chi connectivity index (χ0n) is 11.9. The van der Waals surface area contributed by atoms with E-state index in [9.17, 15) is 0 Å². The molecule has 0 radical (unpaired) electrons. The van der Waals surface area contributed by atoms with Crippen LogP contribution in [-0.2, 0) is 11.3 Å². The number of thiophene rings is 1. The summed E-state index contributed by atoms with van der Waals surface area (Å²) in [6.45, 7) is 4.02. The number of nitrogens with one attached hydrogen (secondary N) is 1. The minimum Gasteiger partial charge on any atom is -0.378 e. The van der Waals surface area contributed by atoms with Crippen LogP contribution in [0.3, 0.4) is 0 Å². The lowest BCUT2D eigenvalue weighted by Crippen LogP contribution is -2.64. The van der Waals surface area contributed by atoms with Crippen LogP contribution in [0, 0.1) is 5.41 Å². The van der Waals surface area contributed by atoms with Crippen LogP contribution in [0.25, 0.3) is 0 Å². The monoisotopic (exact) mass is 279 g/mol. The number of hydrogen-bond acceptors (Lipinski definition) is 3. The van der Waals surface area contributed by atoms with E-state index in [-0.39, 0.29) is 0 Å². The SMILES string of the molecule is CCO[C@H]1C[C@@H](NCc2cccs2)C12CCCCC2. The van der Waals surface area contributed by atoms with Crippen molar-refractivity contribution in [3.8, 4) is 0 Å². The van der Waals surface area contributed by atoms with Crippen LogP contribution in [0.5, 0.6) is 0 Å². The Balaban J connectivity index is 1.61. The predicted molar refractivity (Wildman–Crippen MR) is 80.5 cm³/mol.